The van der Waals surface area contributed by atoms with Crippen molar-refractivity contribution in [1.29, 1.82) is 0 Å². The van der Waals surface area contributed by atoms with E-state index in [1.54, 1.807) is 73.8 Å². The lowest BCUT2D eigenvalue weighted by atomic mass is 9.94. The van der Waals surface area contributed by atoms with Gasteiger partial charge in [-0.25, -0.2) is 9.78 Å². The number of ether oxygens (including phenoxy) is 3. The lowest BCUT2D eigenvalue weighted by molar-refractivity contribution is -0.132. The maximum Gasteiger partial charge on any atom is 0.337 e. The van der Waals surface area contributed by atoms with Crippen LogP contribution >= 0.6 is 11.3 Å². The minimum Gasteiger partial charge on any atom is -0.507 e. The summed E-state index contributed by atoms with van der Waals surface area (Å²) in [5.41, 5.74) is 1.67. The Bertz CT molecular complexity index is 1640. The van der Waals surface area contributed by atoms with Crippen molar-refractivity contribution < 1.29 is 33.7 Å². The number of aromatic nitrogens is 1. The van der Waals surface area contributed by atoms with Crippen molar-refractivity contribution in [3.8, 4) is 11.5 Å². The van der Waals surface area contributed by atoms with E-state index in [2.05, 4.69) is 4.98 Å². The van der Waals surface area contributed by atoms with Crippen molar-refractivity contribution in [3.05, 3.63) is 89.0 Å². The fourth-order valence-corrected chi connectivity index (χ4v) is 5.52. The maximum atomic E-state index is 13.5. The van der Waals surface area contributed by atoms with Crippen LogP contribution in [0.1, 0.15) is 40.9 Å². The summed E-state index contributed by atoms with van der Waals surface area (Å²) in [6, 6.07) is 17.4. The van der Waals surface area contributed by atoms with E-state index in [4.69, 9.17) is 14.2 Å². The minimum absolute atomic E-state index is 0.0969. The van der Waals surface area contributed by atoms with Gasteiger partial charge in [-0.1, -0.05) is 42.5 Å². The zero-order valence-electron chi connectivity index (χ0n) is 22.0. The topological polar surface area (TPSA) is 115 Å². The number of thiazole rings is 1. The van der Waals surface area contributed by atoms with Gasteiger partial charge < -0.3 is 19.3 Å². The van der Waals surface area contributed by atoms with Crippen LogP contribution in [0.25, 0.3) is 16.0 Å². The van der Waals surface area contributed by atoms with Gasteiger partial charge in [-0.15, -0.1) is 0 Å². The smallest absolute Gasteiger partial charge is 0.337 e. The number of carbonyl (C=O) groups excluding carboxylic acids is 3. The van der Waals surface area contributed by atoms with Gasteiger partial charge in [0.25, 0.3) is 5.78 Å². The molecule has 0 saturated carbocycles. The number of aliphatic hydroxyl groups excluding tert-OH is 1. The summed E-state index contributed by atoms with van der Waals surface area (Å²) in [6.45, 7) is 2.47. The van der Waals surface area contributed by atoms with Crippen molar-refractivity contribution in [1.82, 2.24) is 4.98 Å². The second kappa shape index (κ2) is 11.2. The minimum atomic E-state index is -1.01. The van der Waals surface area contributed by atoms with Crippen LogP contribution in [0, 0.1) is 0 Å². The van der Waals surface area contributed by atoms with Gasteiger partial charge in [0.1, 0.15) is 17.3 Å². The number of Topliss-reactive ketones (excluding diaryl/α,β-unsaturated/α-hetero) is 1. The van der Waals surface area contributed by atoms with Crippen molar-refractivity contribution in [3.63, 3.8) is 0 Å². The number of anilines is 1. The molecule has 0 aliphatic carbocycles. The standard InChI is InChI=1S/C30H26N2O7S/c1-4-14-39-21-7-5-6-19(15-21)26(33)24-25(17-8-10-18(11-9-17)29(36)38-3)32(28(35)27(24)34)30-31-22-13-12-20(37-2)16-23(22)40-30/h5-13,15-16,25,33H,4,14H2,1-3H3. The van der Waals surface area contributed by atoms with Crippen LogP contribution in [0.5, 0.6) is 11.5 Å². The molecule has 1 aromatic heterocycles. The van der Waals surface area contributed by atoms with E-state index >= 15 is 0 Å². The molecule has 1 aliphatic heterocycles. The van der Waals surface area contributed by atoms with E-state index < -0.39 is 23.7 Å². The van der Waals surface area contributed by atoms with Crippen molar-refractivity contribution in [2.24, 2.45) is 0 Å². The number of hydrogen-bond acceptors (Lipinski definition) is 9. The van der Waals surface area contributed by atoms with Gasteiger partial charge in [0.05, 0.1) is 48.2 Å². The van der Waals surface area contributed by atoms with E-state index in [1.165, 1.54) is 23.3 Å². The van der Waals surface area contributed by atoms with Gasteiger partial charge in [-0.05, 0) is 54.4 Å². The highest BCUT2D eigenvalue weighted by atomic mass is 32.1. The van der Waals surface area contributed by atoms with E-state index in [-0.39, 0.29) is 16.5 Å². The lowest BCUT2D eigenvalue weighted by Crippen LogP contribution is -2.29. The average molecular weight is 559 g/mol. The summed E-state index contributed by atoms with van der Waals surface area (Å²) < 4.78 is 16.6. The molecule has 2 heterocycles. The zero-order valence-corrected chi connectivity index (χ0v) is 22.9. The fraction of sp³-hybridized carbons (Fsp3) is 0.200. The number of nitrogens with zero attached hydrogens (tertiary/aromatic N) is 2. The number of rotatable bonds is 8. The molecule has 1 atom stereocenters. The molecule has 1 aliphatic rings. The highest BCUT2D eigenvalue weighted by Crippen LogP contribution is 2.44. The number of ketones is 1. The molecular weight excluding hydrogens is 532 g/mol. The molecular formula is C30H26N2O7S. The maximum absolute atomic E-state index is 13.5. The highest BCUT2D eigenvalue weighted by molar-refractivity contribution is 7.22. The monoisotopic (exact) mass is 558 g/mol. The van der Waals surface area contributed by atoms with E-state index in [0.717, 1.165) is 11.1 Å². The van der Waals surface area contributed by atoms with Crippen LogP contribution in [0.15, 0.2) is 72.3 Å². The van der Waals surface area contributed by atoms with Gasteiger partial charge in [0.15, 0.2) is 5.13 Å². The first kappa shape index (κ1) is 26.9. The number of hydrogen-bond donors (Lipinski definition) is 1. The number of esters is 1. The molecule has 9 nitrogen and oxygen atoms in total. The Kier molecular flexibility index (Phi) is 7.52. The molecule has 1 amide bonds. The van der Waals surface area contributed by atoms with Gasteiger partial charge >= 0.3 is 11.9 Å². The Morgan fingerprint density at radius 3 is 2.48 bits per heavy atom. The summed E-state index contributed by atoms with van der Waals surface area (Å²) in [5, 5.41) is 11.7. The summed E-state index contributed by atoms with van der Waals surface area (Å²) >= 11 is 1.22. The molecule has 40 heavy (non-hydrogen) atoms. The number of carbonyl (C=O) groups is 3. The Hall–Kier alpha value is -4.70. The Labute approximate surface area is 234 Å². The quantitative estimate of drug-likeness (QED) is 0.130. The molecule has 3 aromatic carbocycles. The molecule has 204 valence electrons. The molecule has 1 unspecified atom stereocenters. The van der Waals surface area contributed by atoms with Crippen LogP contribution in [0.3, 0.4) is 0 Å². The Balaban J connectivity index is 1.67. The predicted octanol–water partition coefficient (Wildman–Crippen LogP) is 5.51. The lowest BCUT2D eigenvalue weighted by Gasteiger charge is -2.23. The first-order valence-corrected chi connectivity index (χ1v) is 13.3. The van der Waals surface area contributed by atoms with Crippen LogP contribution in [-0.4, -0.2) is 48.6 Å². The number of fused-ring (bicyclic) bond motifs is 1. The second-order valence-electron chi connectivity index (χ2n) is 8.99. The van der Waals surface area contributed by atoms with Gasteiger partial charge in [0.2, 0.25) is 0 Å². The predicted molar refractivity (Wildman–Crippen MR) is 151 cm³/mol. The second-order valence-corrected chi connectivity index (χ2v) is 10.00. The summed E-state index contributed by atoms with van der Waals surface area (Å²) in [6.07, 6.45) is 0.803. The van der Waals surface area contributed by atoms with Crippen molar-refractivity contribution >= 4 is 50.1 Å². The third-order valence-electron chi connectivity index (χ3n) is 6.46. The first-order chi connectivity index (χ1) is 19.4. The molecule has 1 fully saturated rings. The molecule has 5 rings (SSSR count). The van der Waals surface area contributed by atoms with E-state index in [1.807, 2.05) is 6.92 Å². The number of aliphatic hydroxyl groups is 1. The van der Waals surface area contributed by atoms with Crippen LogP contribution in [-0.2, 0) is 14.3 Å². The summed E-state index contributed by atoms with van der Waals surface area (Å²) in [7, 11) is 2.84. The number of methoxy groups -OCH3 is 2. The molecule has 1 saturated heterocycles. The molecule has 0 bridgehead atoms. The van der Waals surface area contributed by atoms with Gasteiger partial charge in [-0.3, -0.25) is 14.5 Å². The number of benzene rings is 3. The van der Waals surface area contributed by atoms with Crippen LogP contribution < -0.4 is 14.4 Å². The average Bonchev–Trinajstić information content (AvgIpc) is 3.52. The van der Waals surface area contributed by atoms with Crippen LogP contribution in [0.2, 0.25) is 0 Å². The van der Waals surface area contributed by atoms with Crippen LogP contribution in [0.4, 0.5) is 5.13 Å². The molecule has 4 aromatic rings. The van der Waals surface area contributed by atoms with E-state index in [0.29, 0.717) is 40.3 Å². The largest absolute Gasteiger partial charge is 0.507 e. The Morgan fingerprint density at radius 1 is 1.00 bits per heavy atom. The van der Waals surface area contributed by atoms with Gasteiger partial charge in [0, 0.05) is 5.56 Å². The zero-order chi connectivity index (χ0) is 28.4. The summed E-state index contributed by atoms with van der Waals surface area (Å²) in [5.74, 6) is -1.38. The molecule has 1 N–H and O–H groups in total. The third-order valence-corrected chi connectivity index (χ3v) is 7.48. The fourth-order valence-electron chi connectivity index (χ4n) is 4.50. The van der Waals surface area contributed by atoms with E-state index in [9.17, 15) is 19.5 Å². The van der Waals surface area contributed by atoms with Crippen molar-refractivity contribution in [2.75, 3.05) is 25.7 Å². The number of amides is 1. The molecule has 0 radical (unpaired) electrons. The highest BCUT2D eigenvalue weighted by Gasteiger charge is 2.48. The Morgan fingerprint density at radius 2 is 1.77 bits per heavy atom. The third kappa shape index (κ3) is 4.89. The SMILES string of the molecule is CCCOc1cccc(C(O)=C2C(=O)C(=O)N(c3nc4ccc(OC)cc4s3)C2c2ccc(C(=O)OC)cc2)c1. The molecule has 0 spiro atoms. The normalized spacial score (nSPS) is 16.4. The van der Waals surface area contributed by atoms with Gasteiger partial charge in [-0.2, -0.15) is 0 Å². The van der Waals surface area contributed by atoms with Crippen molar-refractivity contribution in [2.45, 2.75) is 19.4 Å². The summed E-state index contributed by atoms with van der Waals surface area (Å²) in [4.78, 5) is 45.0. The first-order valence-electron chi connectivity index (χ1n) is 12.5. The molecule has 10 heteroatoms.